The van der Waals surface area contributed by atoms with Crippen LogP contribution < -0.4 is 16.4 Å². The number of hydrogen-bond donors (Lipinski definition) is 6. The van der Waals surface area contributed by atoms with Crippen molar-refractivity contribution < 1.29 is 20.1 Å². The molecule has 0 aliphatic carbocycles. The SMILES string of the molecule is NC(=O)NC1C(O)NC(O)N1CO. The van der Waals surface area contributed by atoms with Crippen LogP contribution in [0.1, 0.15) is 0 Å². The molecule has 0 aromatic carbocycles. The molecule has 76 valence electrons. The second-order valence-corrected chi connectivity index (χ2v) is 2.59. The molecule has 0 spiro atoms. The molecule has 0 saturated carbocycles. The molecular weight excluding hydrogens is 180 g/mol. The van der Waals surface area contributed by atoms with Crippen molar-refractivity contribution in [3.05, 3.63) is 0 Å². The van der Waals surface area contributed by atoms with Gasteiger partial charge in [-0.15, -0.1) is 0 Å². The Morgan fingerprint density at radius 1 is 1.62 bits per heavy atom. The number of aliphatic hydroxyl groups is 3. The topological polar surface area (TPSA) is 131 Å². The quantitative estimate of drug-likeness (QED) is 0.268. The molecule has 7 N–H and O–H groups in total. The van der Waals surface area contributed by atoms with Crippen LogP contribution in [-0.2, 0) is 0 Å². The lowest BCUT2D eigenvalue weighted by atomic mass is 10.4. The van der Waals surface area contributed by atoms with Crippen molar-refractivity contribution in [3.8, 4) is 0 Å². The van der Waals surface area contributed by atoms with Gasteiger partial charge in [-0.1, -0.05) is 0 Å². The lowest BCUT2D eigenvalue weighted by Crippen LogP contribution is -2.52. The highest BCUT2D eigenvalue weighted by Gasteiger charge is 2.39. The zero-order chi connectivity index (χ0) is 10.0. The second-order valence-electron chi connectivity index (χ2n) is 2.59. The van der Waals surface area contributed by atoms with Gasteiger partial charge in [0.05, 0.1) is 0 Å². The van der Waals surface area contributed by atoms with Crippen LogP contribution in [0.2, 0.25) is 0 Å². The largest absolute Gasteiger partial charge is 0.381 e. The molecule has 0 aromatic heterocycles. The maximum absolute atomic E-state index is 10.5. The molecule has 1 rings (SSSR count). The van der Waals surface area contributed by atoms with Gasteiger partial charge in [-0.05, 0) is 0 Å². The molecule has 2 amide bonds. The predicted molar refractivity (Wildman–Crippen MR) is 40.6 cm³/mol. The van der Waals surface area contributed by atoms with E-state index in [1.165, 1.54) is 0 Å². The molecule has 0 bridgehead atoms. The molecule has 1 saturated heterocycles. The van der Waals surface area contributed by atoms with Crippen LogP contribution in [-0.4, -0.2) is 51.7 Å². The summed E-state index contributed by atoms with van der Waals surface area (Å²) < 4.78 is 0. The molecule has 13 heavy (non-hydrogen) atoms. The van der Waals surface area contributed by atoms with Crippen molar-refractivity contribution in [1.82, 2.24) is 15.5 Å². The minimum Gasteiger partial charge on any atom is -0.381 e. The Labute approximate surface area is 73.9 Å². The van der Waals surface area contributed by atoms with E-state index in [1.807, 2.05) is 0 Å². The molecule has 8 nitrogen and oxygen atoms in total. The number of carbonyl (C=O) groups is 1. The zero-order valence-corrected chi connectivity index (χ0v) is 6.71. The summed E-state index contributed by atoms with van der Waals surface area (Å²) in [6, 6.07) is -0.849. The van der Waals surface area contributed by atoms with Gasteiger partial charge in [0.2, 0.25) is 0 Å². The lowest BCUT2D eigenvalue weighted by Gasteiger charge is -2.23. The minimum absolute atomic E-state index is 0.518. The van der Waals surface area contributed by atoms with Gasteiger partial charge in [-0.2, -0.15) is 0 Å². The van der Waals surface area contributed by atoms with Crippen molar-refractivity contribution in [3.63, 3.8) is 0 Å². The summed E-state index contributed by atoms with van der Waals surface area (Å²) in [5.41, 5.74) is 4.82. The van der Waals surface area contributed by atoms with Crippen molar-refractivity contribution in [2.75, 3.05) is 6.73 Å². The number of nitrogens with one attached hydrogen (secondary N) is 2. The molecule has 1 heterocycles. The van der Waals surface area contributed by atoms with Gasteiger partial charge in [0.25, 0.3) is 0 Å². The van der Waals surface area contributed by atoms with Crippen LogP contribution >= 0.6 is 0 Å². The lowest BCUT2D eigenvalue weighted by molar-refractivity contribution is -0.0500. The summed E-state index contributed by atoms with van der Waals surface area (Å²) >= 11 is 0. The van der Waals surface area contributed by atoms with E-state index >= 15 is 0 Å². The first-order chi connectivity index (χ1) is 6.06. The predicted octanol–water partition coefficient (Wildman–Crippen LogP) is -3.57. The summed E-state index contributed by atoms with van der Waals surface area (Å²) in [4.78, 5) is 11.5. The number of amides is 2. The number of primary amides is 1. The van der Waals surface area contributed by atoms with E-state index < -0.39 is 31.5 Å². The van der Waals surface area contributed by atoms with E-state index in [0.717, 1.165) is 4.90 Å². The number of carbonyl (C=O) groups excluding carboxylic acids is 1. The van der Waals surface area contributed by atoms with Crippen LogP contribution in [0.3, 0.4) is 0 Å². The van der Waals surface area contributed by atoms with Crippen molar-refractivity contribution >= 4 is 6.03 Å². The van der Waals surface area contributed by atoms with Crippen LogP contribution in [0.5, 0.6) is 0 Å². The fraction of sp³-hybridized carbons (Fsp3) is 0.800. The van der Waals surface area contributed by atoms with Gasteiger partial charge < -0.3 is 26.4 Å². The Balaban J connectivity index is 2.63. The highest BCUT2D eigenvalue weighted by atomic mass is 16.4. The average Bonchev–Trinajstić information content (AvgIpc) is 2.26. The molecule has 3 unspecified atom stereocenters. The summed E-state index contributed by atoms with van der Waals surface area (Å²) in [6.07, 6.45) is -3.32. The Morgan fingerprint density at radius 3 is 2.69 bits per heavy atom. The molecule has 3 atom stereocenters. The van der Waals surface area contributed by atoms with E-state index in [0.29, 0.717) is 0 Å². The smallest absolute Gasteiger partial charge is 0.313 e. The summed E-state index contributed by atoms with van der Waals surface area (Å²) in [7, 11) is 0. The highest BCUT2D eigenvalue weighted by molar-refractivity contribution is 5.72. The van der Waals surface area contributed by atoms with Gasteiger partial charge in [0.1, 0.15) is 19.1 Å². The van der Waals surface area contributed by atoms with E-state index in [2.05, 4.69) is 10.6 Å². The molecule has 1 aliphatic rings. The molecule has 0 radical (unpaired) electrons. The number of nitrogens with zero attached hydrogens (tertiary/aromatic N) is 1. The van der Waals surface area contributed by atoms with E-state index in [1.54, 1.807) is 0 Å². The monoisotopic (exact) mass is 192 g/mol. The average molecular weight is 192 g/mol. The van der Waals surface area contributed by atoms with Crippen LogP contribution in [0.15, 0.2) is 0 Å². The molecule has 1 fully saturated rings. The summed E-state index contributed by atoms with van der Waals surface area (Å²) in [5, 5.41) is 31.6. The van der Waals surface area contributed by atoms with Gasteiger partial charge in [0, 0.05) is 0 Å². The Hall–Kier alpha value is -0.930. The first-order valence-corrected chi connectivity index (χ1v) is 3.61. The summed E-state index contributed by atoms with van der Waals surface area (Å²) in [6.45, 7) is -0.518. The Kier molecular flexibility index (Phi) is 3.01. The number of hydrogen-bond acceptors (Lipinski definition) is 6. The molecular formula is C5H12N4O4. The zero-order valence-electron chi connectivity index (χ0n) is 6.71. The maximum atomic E-state index is 10.5. The number of nitrogens with two attached hydrogens (primary N) is 1. The van der Waals surface area contributed by atoms with E-state index in [9.17, 15) is 9.90 Å². The number of rotatable bonds is 2. The fourth-order valence-electron chi connectivity index (χ4n) is 1.15. The first-order valence-electron chi connectivity index (χ1n) is 3.61. The van der Waals surface area contributed by atoms with Crippen molar-refractivity contribution in [2.45, 2.75) is 18.7 Å². The third-order valence-corrected chi connectivity index (χ3v) is 1.74. The third-order valence-electron chi connectivity index (χ3n) is 1.74. The third kappa shape index (κ3) is 2.05. The minimum atomic E-state index is -1.21. The van der Waals surface area contributed by atoms with Crippen molar-refractivity contribution in [1.29, 1.82) is 0 Å². The molecule has 0 aromatic rings. The molecule has 8 heteroatoms. The number of urea groups is 1. The van der Waals surface area contributed by atoms with Crippen LogP contribution in [0, 0.1) is 0 Å². The number of aliphatic hydroxyl groups excluding tert-OH is 3. The molecule has 1 aliphatic heterocycles. The van der Waals surface area contributed by atoms with Gasteiger partial charge in [-0.25, -0.2) is 9.69 Å². The Morgan fingerprint density at radius 2 is 2.23 bits per heavy atom. The maximum Gasteiger partial charge on any atom is 0.313 e. The summed E-state index contributed by atoms with van der Waals surface area (Å²) in [5.74, 6) is 0. The first kappa shape index (κ1) is 10.2. The van der Waals surface area contributed by atoms with E-state index in [-0.39, 0.29) is 0 Å². The van der Waals surface area contributed by atoms with Gasteiger partial charge >= 0.3 is 6.03 Å². The standard InChI is InChI=1S/C5H12N4O4/c6-4(12)7-2-3(11)8-5(13)9(2)1-10/h2-3,5,8,10-11,13H,1H2,(H3,6,7,12). The van der Waals surface area contributed by atoms with E-state index in [4.69, 9.17) is 15.9 Å². The highest BCUT2D eigenvalue weighted by Crippen LogP contribution is 2.10. The fourth-order valence-corrected chi connectivity index (χ4v) is 1.15. The normalized spacial score (nSPS) is 34.8. The second kappa shape index (κ2) is 3.85. The van der Waals surface area contributed by atoms with Crippen molar-refractivity contribution in [2.24, 2.45) is 5.73 Å². The van der Waals surface area contributed by atoms with Crippen LogP contribution in [0.4, 0.5) is 4.79 Å². The van der Waals surface area contributed by atoms with Crippen LogP contribution in [0.25, 0.3) is 0 Å². The Bertz CT molecular complexity index is 201. The van der Waals surface area contributed by atoms with Gasteiger partial charge in [0.15, 0.2) is 6.35 Å². The van der Waals surface area contributed by atoms with Gasteiger partial charge in [-0.3, -0.25) is 5.32 Å².